The number of methoxy groups -OCH3 is 3. The van der Waals surface area contributed by atoms with Crippen molar-refractivity contribution < 1.29 is 28.9 Å². The molecule has 0 saturated heterocycles. The van der Waals surface area contributed by atoms with Gasteiger partial charge in [-0.3, -0.25) is 9.59 Å². The molecule has 3 rings (SSSR count). The molecule has 0 saturated carbocycles. The van der Waals surface area contributed by atoms with Gasteiger partial charge >= 0.3 is 5.97 Å². The quantitative estimate of drug-likeness (QED) is 0.715. The van der Waals surface area contributed by atoms with Crippen molar-refractivity contribution in [2.45, 2.75) is 25.3 Å². The summed E-state index contributed by atoms with van der Waals surface area (Å²) in [6.07, 6.45) is 0.0701. The van der Waals surface area contributed by atoms with E-state index in [-0.39, 0.29) is 24.8 Å². The van der Waals surface area contributed by atoms with Gasteiger partial charge in [-0.15, -0.1) is 0 Å². The van der Waals surface area contributed by atoms with Gasteiger partial charge in [0.2, 0.25) is 5.91 Å². The summed E-state index contributed by atoms with van der Waals surface area (Å²) in [4.78, 5) is 23.7. The third-order valence-electron chi connectivity index (χ3n) is 4.94. The summed E-state index contributed by atoms with van der Waals surface area (Å²) in [7, 11) is 4.73. The minimum absolute atomic E-state index is 0.131. The van der Waals surface area contributed by atoms with Gasteiger partial charge in [0.1, 0.15) is 17.2 Å². The van der Waals surface area contributed by atoms with Crippen LogP contribution in [0.15, 0.2) is 47.6 Å². The van der Waals surface area contributed by atoms with Crippen molar-refractivity contribution in [3.05, 3.63) is 53.6 Å². The summed E-state index contributed by atoms with van der Waals surface area (Å²) < 4.78 is 16.0. The van der Waals surface area contributed by atoms with Crippen LogP contribution in [0, 0.1) is 0 Å². The Hall–Kier alpha value is -3.55. The number of aliphatic carboxylic acids is 1. The Balaban J connectivity index is 1.98. The van der Waals surface area contributed by atoms with E-state index in [1.807, 2.05) is 30.3 Å². The summed E-state index contributed by atoms with van der Waals surface area (Å²) in [6.45, 7) is 0. The fraction of sp³-hybridized carbons (Fsp3) is 0.318. The summed E-state index contributed by atoms with van der Waals surface area (Å²) in [5.41, 5.74) is 2.26. The molecule has 30 heavy (non-hydrogen) atoms. The molecule has 1 heterocycles. The van der Waals surface area contributed by atoms with Gasteiger partial charge in [-0.25, -0.2) is 5.01 Å². The zero-order valence-electron chi connectivity index (χ0n) is 17.1. The number of carbonyl (C=O) groups is 2. The second-order valence-electron chi connectivity index (χ2n) is 6.74. The molecule has 1 aliphatic heterocycles. The van der Waals surface area contributed by atoms with Crippen LogP contribution < -0.4 is 14.2 Å². The smallest absolute Gasteiger partial charge is 0.303 e. The Morgan fingerprint density at radius 2 is 1.67 bits per heavy atom. The molecule has 0 aromatic heterocycles. The molecule has 0 radical (unpaired) electrons. The minimum Gasteiger partial charge on any atom is -0.497 e. The van der Waals surface area contributed by atoms with E-state index in [4.69, 9.17) is 19.3 Å². The van der Waals surface area contributed by atoms with Gasteiger partial charge in [-0.05, 0) is 35.9 Å². The average molecular weight is 412 g/mol. The molecule has 2 aromatic carbocycles. The van der Waals surface area contributed by atoms with Crippen LogP contribution in [0.1, 0.15) is 36.4 Å². The first kappa shape index (κ1) is 21.2. The van der Waals surface area contributed by atoms with Crippen LogP contribution in [0.4, 0.5) is 0 Å². The largest absolute Gasteiger partial charge is 0.497 e. The first-order valence-electron chi connectivity index (χ1n) is 9.44. The highest BCUT2D eigenvalue weighted by molar-refractivity contribution is 6.05. The first-order chi connectivity index (χ1) is 14.5. The van der Waals surface area contributed by atoms with E-state index in [1.54, 1.807) is 33.5 Å². The van der Waals surface area contributed by atoms with Crippen molar-refractivity contribution in [1.82, 2.24) is 5.01 Å². The third-order valence-corrected chi connectivity index (χ3v) is 4.94. The number of carboxylic acid groups (broad SMARTS) is 1. The van der Waals surface area contributed by atoms with Gasteiger partial charge in [0, 0.05) is 18.4 Å². The first-order valence-corrected chi connectivity index (χ1v) is 9.44. The number of hydrogen-bond donors (Lipinski definition) is 1. The standard InChI is InChI=1S/C22H24N2O6/c1-28-15-6-4-14(5-7-15)19-13-18(23-24(19)21(25)10-11-22(26)27)17-12-16(29-2)8-9-20(17)30-3/h4-9,12,19H,10-11,13H2,1-3H3,(H,26,27)/t19-/m0/s1. The molecule has 0 unspecified atom stereocenters. The molecule has 8 heteroatoms. The molecule has 1 atom stereocenters. The lowest BCUT2D eigenvalue weighted by molar-refractivity contribution is -0.141. The molecule has 1 N–H and O–H groups in total. The van der Waals surface area contributed by atoms with E-state index in [0.717, 1.165) is 11.1 Å². The number of hydrogen-bond acceptors (Lipinski definition) is 6. The van der Waals surface area contributed by atoms with E-state index in [9.17, 15) is 9.59 Å². The Morgan fingerprint density at radius 1 is 1.00 bits per heavy atom. The normalized spacial score (nSPS) is 15.5. The zero-order valence-corrected chi connectivity index (χ0v) is 17.1. The number of carbonyl (C=O) groups excluding carboxylic acids is 1. The van der Waals surface area contributed by atoms with E-state index in [2.05, 4.69) is 5.10 Å². The predicted molar refractivity (Wildman–Crippen MR) is 110 cm³/mol. The SMILES string of the molecule is COc1ccc([C@@H]2CC(c3cc(OC)ccc3OC)=NN2C(=O)CCC(=O)O)cc1. The molecule has 0 aliphatic carbocycles. The van der Waals surface area contributed by atoms with Crippen molar-refractivity contribution in [3.63, 3.8) is 0 Å². The summed E-state index contributed by atoms with van der Waals surface area (Å²) in [5.74, 6) is 0.585. The van der Waals surface area contributed by atoms with Crippen molar-refractivity contribution in [3.8, 4) is 17.2 Å². The van der Waals surface area contributed by atoms with E-state index >= 15 is 0 Å². The molecule has 158 valence electrons. The van der Waals surface area contributed by atoms with Crippen LogP contribution in [0.5, 0.6) is 17.2 Å². The van der Waals surface area contributed by atoms with E-state index in [1.165, 1.54) is 5.01 Å². The molecular weight excluding hydrogens is 388 g/mol. The predicted octanol–water partition coefficient (Wildman–Crippen LogP) is 3.25. The van der Waals surface area contributed by atoms with Crippen molar-refractivity contribution >= 4 is 17.6 Å². The summed E-state index contributed by atoms with van der Waals surface area (Å²) in [6, 6.07) is 12.4. The Bertz CT molecular complexity index is 955. The molecule has 0 fully saturated rings. The van der Waals surface area contributed by atoms with E-state index in [0.29, 0.717) is 29.4 Å². The number of carboxylic acids is 1. The fourth-order valence-electron chi connectivity index (χ4n) is 3.36. The molecule has 0 spiro atoms. The lowest BCUT2D eigenvalue weighted by atomic mass is 9.97. The lowest BCUT2D eigenvalue weighted by Crippen LogP contribution is -2.27. The van der Waals surface area contributed by atoms with Crippen LogP contribution >= 0.6 is 0 Å². The van der Waals surface area contributed by atoms with E-state index < -0.39 is 5.97 Å². The third kappa shape index (κ3) is 4.53. The minimum atomic E-state index is -1.03. The molecule has 0 bridgehead atoms. The van der Waals surface area contributed by atoms with Gasteiger partial charge in [0.05, 0.1) is 39.5 Å². The summed E-state index contributed by atoms with van der Waals surface area (Å²) in [5, 5.41) is 14.9. The van der Waals surface area contributed by atoms with Crippen LogP contribution in [0.25, 0.3) is 0 Å². The van der Waals surface area contributed by atoms with Gasteiger partial charge in [-0.2, -0.15) is 5.10 Å². The Morgan fingerprint density at radius 3 is 2.27 bits per heavy atom. The van der Waals surface area contributed by atoms with Gasteiger partial charge in [0.25, 0.3) is 0 Å². The highest BCUT2D eigenvalue weighted by Crippen LogP contribution is 2.37. The maximum atomic E-state index is 12.8. The molecule has 8 nitrogen and oxygen atoms in total. The number of ether oxygens (including phenoxy) is 3. The maximum absolute atomic E-state index is 12.8. The highest BCUT2D eigenvalue weighted by atomic mass is 16.5. The second-order valence-corrected chi connectivity index (χ2v) is 6.74. The number of amides is 1. The van der Waals surface area contributed by atoms with Crippen LogP contribution in [0.3, 0.4) is 0 Å². The molecule has 1 amide bonds. The van der Waals surface area contributed by atoms with Crippen molar-refractivity contribution in [1.29, 1.82) is 0 Å². The zero-order chi connectivity index (χ0) is 21.7. The van der Waals surface area contributed by atoms with Gasteiger partial charge in [-0.1, -0.05) is 12.1 Å². The highest BCUT2D eigenvalue weighted by Gasteiger charge is 2.34. The molecule has 1 aliphatic rings. The fourth-order valence-corrected chi connectivity index (χ4v) is 3.36. The van der Waals surface area contributed by atoms with Crippen LogP contribution in [-0.2, 0) is 9.59 Å². The Kier molecular flexibility index (Phi) is 6.56. The topological polar surface area (TPSA) is 97.7 Å². The number of hydrazone groups is 1. The Labute approximate surface area is 174 Å². The second kappa shape index (κ2) is 9.30. The van der Waals surface area contributed by atoms with Gasteiger partial charge < -0.3 is 19.3 Å². The maximum Gasteiger partial charge on any atom is 0.303 e. The van der Waals surface area contributed by atoms with Crippen LogP contribution in [0.2, 0.25) is 0 Å². The average Bonchev–Trinajstić information content (AvgIpc) is 3.22. The van der Waals surface area contributed by atoms with Crippen LogP contribution in [-0.4, -0.2) is 49.0 Å². The monoisotopic (exact) mass is 412 g/mol. The number of rotatable bonds is 8. The molecular formula is C22H24N2O6. The van der Waals surface area contributed by atoms with Crippen molar-refractivity contribution in [2.75, 3.05) is 21.3 Å². The lowest BCUT2D eigenvalue weighted by Gasteiger charge is -2.22. The molecule has 2 aromatic rings. The van der Waals surface area contributed by atoms with Gasteiger partial charge in [0.15, 0.2) is 0 Å². The number of nitrogens with zero attached hydrogens (tertiary/aromatic N) is 2. The number of benzene rings is 2. The van der Waals surface area contributed by atoms with Crippen molar-refractivity contribution in [2.24, 2.45) is 5.10 Å². The summed E-state index contributed by atoms with van der Waals surface area (Å²) >= 11 is 0.